The summed E-state index contributed by atoms with van der Waals surface area (Å²) in [5.41, 5.74) is 5.79. The smallest absolute Gasteiger partial charge is 0.181 e. The molecule has 0 unspecified atom stereocenters. The van der Waals surface area contributed by atoms with E-state index >= 15 is 0 Å². The van der Waals surface area contributed by atoms with E-state index < -0.39 is 8.07 Å². The summed E-state index contributed by atoms with van der Waals surface area (Å²) in [7, 11) is -2.47. The largest absolute Gasteiger partial charge is 0.455 e. The van der Waals surface area contributed by atoms with E-state index in [4.69, 9.17) is 4.42 Å². The molecule has 1 aliphatic rings. The second kappa shape index (κ2) is 6.81. The Kier molecular flexibility index (Phi) is 3.85. The number of rotatable bonds is 2. The van der Waals surface area contributed by atoms with E-state index in [1.54, 1.807) is 0 Å². The van der Waals surface area contributed by atoms with E-state index in [0.29, 0.717) is 0 Å². The maximum atomic E-state index is 6.67. The van der Waals surface area contributed by atoms with Crippen LogP contribution in [0.15, 0.2) is 120 Å². The zero-order chi connectivity index (χ0) is 22.0. The molecule has 1 nitrogen and oxygen atoms in total. The molecule has 0 saturated heterocycles. The number of para-hydroxylation sites is 1. The minimum Gasteiger partial charge on any atom is -0.455 e. The fourth-order valence-corrected chi connectivity index (χ4v) is 11.1. The van der Waals surface area contributed by atoms with Gasteiger partial charge < -0.3 is 4.42 Å². The third-order valence-corrected chi connectivity index (χ3v) is 12.1. The van der Waals surface area contributed by atoms with E-state index in [2.05, 4.69) is 122 Å². The van der Waals surface area contributed by atoms with Crippen LogP contribution in [0, 0.1) is 6.92 Å². The van der Waals surface area contributed by atoms with Gasteiger partial charge in [-0.1, -0.05) is 115 Å². The summed E-state index contributed by atoms with van der Waals surface area (Å²) in [4.78, 5) is 0. The van der Waals surface area contributed by atoms with Crippen molar-refractivity contribution in [3.8, 4) is 11.1 Å². The zero-order valence-corrected chi connectivity index (χ0v) is 19.4. The van der Waals surface area contributed by atoms with E-state index in [1.807, 2.05) is 0 Å². The van der Waals surface area contributed by atoms with E-state index in [-0.39, 0.29) is 0 Å². The lowest BCUT2D eigenvalue weighted by atomic mass is 10.0. The molecule has 2 heteroatoms. The van der Waals surface area contributed by atoms with Crippen molar-refractivity contribution >= 4 is 50.8 Å². The molecule has 2 heterocycles. The molecule has 0 fully saturated rings. The van der Waals surface area contributed by atoms with Crippen LogP contribution in [0.5, 0.6) is 0 Å². The molecule has 0 atom stereocenters. The van der Waals surface area contributed by atoms with E-state index in [9.17, 15) is 0 Å². The van der Waals surface area contributed by atoms with Gasteiger partial charge in [0.05, 0.1) is 0 Å². The summed E-state index contributed by atoms with van der Waals surface area (Å²) in [6.45, 7) is 2.13. The van der Waals surface area contributed by atoms with Gasteiger partial charge in [-0.05, 0) is 38.8 Å². The second-order valence-electron chi connectivity index (χ2n) is 8.95. The summed E-state index contributed by atoms with van der Waals surface area (Å²) in [6, 6.07) is 42.3. The summed E-state index contributed by atoms with van der Waals surface area (Å²) in [5.74, 6) is 0. The molecule has 156 valence electrons. The molecule has 1 aliphatic heterocycles. The van der Waals surface area contributed by atoms with Crippen molar-refractivity contribution in [1.29, 1.82) is 0 Å². The third kappa shape index (κ3) is 2.36. The summed E-state index contributed by atoms with van der Waals surface area (Å²) >= 11 is 0. The summed E-state index contributed by atoms with van der Waals surface area (Å²) in [6.07, 6.45) is 0. The number of fused-ring (bicyclic) bond motifs is 7. The molecule has 0 spiro atoms. The highest BCUT2D eigenvalue weighted by molar-refractivity contribution is 7.22. The number of hydrogen-bond donors (Lipinski definition) is 0. The van der Waals surface area contributed by atoms with Gasteiger partial charge in [-0.2, -0.15) is 0 Å². The van der Waals surface area contributed by atoms with Crippen molar-refractivity contribution in [3.63, 3.8) is 0 Å². The summed E-state index contributed by atoms with van der Waals surface area (Å²) < 4.78 is 6.67. The Bertz CT molecular complexity index is 1620. The summed E-state index contributed by atoms with van der Waals surface area (Å²) in [5, 5.41) is 8.09. The van der Waals surface area contributed by atoms with Crippen LogP contribution in [-0.2, 0) is 0 Å². The minimum atomic E-state index is -2.47. The van der Waals surface area contributed by atoms with Crippen LogP contribution in [-0.4, -0.2) is 8.07 Å². The second-order valence-corrected chi connectivity index (χ2v) is 12.7. The Morgan fingerprint density at radius 2 is 1.15 bits per heavy atom. The first-order valence-electron chi connectivity index (χ1n) is 11.5. The van der Waals surface area contributed by atoms with Gasteiger partial charge in [0.1, 0.15) is 11.2 Å². The molecule has 0 saturated carbocycles. The van der Waals surface area contributed by atoms with E-state index in [1.165, 1.54) is 48.2 Å². The molecular formula is C31H22OSi. The maximum Gasteiger partial charge on any atom is 0.181 e. The molecule has 1 aromatic heterocycles. The topological polar surface area (TPSA) is 13.1 Å². The predicted molar refractivity (Wildman–Crippen MR) is 141 cm³/mol. The number of furan rings is 1. The third-order valence-electron chi connectivity index (χ3n) is 7.28. The lowest BCUT2D eigenvalue weighted by Crippen LogP contribution is -2.72. The predicted octanol–water partition coefficient (Wildman–Crippen LogP) is 5.25. The van der Waals surface area contributed by atoms with Crippen molar-refractivity contribution in [2.24, 2.45) is 0 Å². The molecule has 0 bridgehead atoms. The van der Waals surface area contributed by atoms with Gasteiger partial charge in [-0.15, -0.1) is 0 Å². The molecule has 6 aromatic rings. The highest BCUT2D eigenvalue weighted by Crippen LogP contribution is 2.39. The van der Waals surface area contributed by atoms with Gasteiger partial charge in [0.25, 0.3) is 0 Å². The van der Waals surface area contributed by atoms with Crippen LogP contribution >= 0.6 is 0 Å². The number of hydrogen-bond acceptors (Lipinski definition) is 1. The van der Waals surface area contributed by atoms with Crippen molar-refractivity contribution < 1.29 is 4.42 Å². The van der Waals surface area contributed by atoms with Gasteiger partial charge >= 0.3 is 0 Å². The first kappa shape index (κ1) is 18.7. The van der Waals surface area contributed by atoms with Gasteiger partial charge in [-0.3, -0.25) is 0 Å². The van der Waals surface area contributed by atoms with Crippen LogP contribution in [0.2, 0.25) is 0 Å². The van der Waals surface area contributed by atoms with Crippen molar-refractivity contribution in [3.05, 3.63) is 121 Å². The van der Waals surface area contributed by atoms with Gasteiger partial charge in [0, 0.05) is 16.3 Å². The minimum absolute atomic E-state index is 0.997. The molecule has 0 N–H and O–H groups in total. The Balaban J connectivity index is 1.71. The molecule has 0 amide bonds. The lowest BCUT2D eigenvalue weighted by Gasteiger charge is -2.31. The lowest BCUT2D eigenvalue weighted by molar-refractivity contribution is 0.667. The van der Waals surface area contributed by atoms with Crippen LogP contribution in [0.3, 0.4) is 0 Å². The number of aryl methyl sites for hydroxylation is 1. The Morgan fingerprint density at radius 3 is 1.88 bits per heavy atom. The number of benzene rings is 5. The average molecular weight is 439 g/mol. The maximum absolute atomic E-state index is 6.67. The molecule has 7 rings (SSSR count). The Labute approximate surface area is 194 Å². The van der Waals surface area contributed by atoms with Crippen molar-refractivity contribution in [2.45, 2.75) is 6.92 Å². The SMILES string of the molecule is Cc1cccc2c1oc1c3c(ccc12)[Si](c1ccccc1)(c1ccccc1)c1ccccc1-3. The molecule has 5 aromatic carbocycles. The monoisotopic (exact) mass is 438 g/mol. The quantitative estimate of drug-likeness (QED) is 0.336. The zero-order valence-electron chi connectivity index (χ0n) is 18.4. The van der Waals surface area contributed by atoms with Crippen LogP contribution in [0.4, 0.5) is 0 Å². The Morgan fingerprint density at radius 1 is 0.515 bits per heavy atom. The fraction of sp³-hybridized carbons (Fsp3) is 0.0323. The van der Waals surface area contributed by atoms with Gasteiger partial charge in [0.15, 0.2) is 8.07 Å². The highest BCUT2D eigenvalue weighted by atomic mass is 28.3. The normalized spacial score (nSPS) is 13.8. The van der Waals surface area contributed by atoms with Crippen molar-refractivity contribution in [2.75, 3.05) is 0 Å². The van der Waals surface area contributed by atoms with Gasteiger partial charge in [0.2, 0.25) is 0 Å². The van der Waals surface area contributed by atoms with Crippen LogP contribution in [0.25, 0.3) is 33.1 Å². The molecular weight excluding hydrogens is 416 g/mol. The molecule has 33 heavy (non-hydrogen) atoms. The average Bonchev–Trinajstić information content (AvgIpc) is 3.40. The highest BCUT2D eigenvalue weighted by Gasteiger charge is 2.49. The Hall–Kier alpha value is -3.88. The van der Waals surface area contributed by atoms with Crippen LogP contribution < -0.4 is 20.7 Å². The first-order chi connectivity index (χ1) is 16.3. The first-order valence-corrected chi connectivity index (χ1v) is 13.5. The van der Waals surface area contributed by atoms with Gasteiger partial charge in [-0.25, -0.2) is 0 Å². The molecule has 0 radical (unpaired) electrons. The van der Waals surface area contributed by atoms with Crippen LogP contribution in [0.1, 0.15) is 5.56 Å². The molecule has 0 aliphatic carbocycles. The standard InChI is InChI=1S/C31H22OSi/c1-21-11-10-17-24-25-19-20-28-29(31(25)32-30(21)24)26-16-8-9-18-27(26)33(28,22-12-4-2-5-13-22)23-14-6-3-7-15-23/h2-20H,1H3. The fourth-order valence-electron chi connectivity index (χ4n) is 5.92. The van der Waals surface area contributed by atoms with Crippen molar-refractivity contribution in [1.82, 2.24) is 0 Å². The van der Waals surface area contributed by atoms with E-state index in [0.717, 1.165) is 11.2 Å².